The lowest BCUT2D eigenvalue weighted by Gasteiger charge is -2.36. The summed E-state index contributed by atoms with van der Waals surface area (Å²) in [6, 6.07) is 15.1. The van der Waals surface area contributed by atoms with Crippen LogP contribution in [0.1, 0.15) is 6.42 Å². The predicted molar refractivity (Wildman–Crippen MR) is 119 cm³/mol. The average molecular weight is 425 g/mol. The van der Waals surface area contributed by atoms with Gasteiger partial charge in [0.05, 0.1) is 20.3 Å². The second kappa shape index (κ2) is 9.16. The third-order valence-corrected chi connectivity index (χ3v) is 5.82. The highest BCUT2D eigenvalue weighted by Gasteiger charge is 2.33. The zero-order chi connectivity index (χ0) is 21.8. The molecule has 8 nitrogen and oxygen atoms in total. The van der Waals surface area contributed by atoms with Crippen molar-refractivity contribution < 1.29 is 19.1 Å². The van der Waals surface area contributed by atoms with Crippen molar-refractivity contribution in [3.63, 3.8) is 0 Å². The van der Waals surface area contributed by atoms with Crippen molar-refractivity contribution in [1.29, 1.82) is 0 Å². The third-order valence-electron chi connectivity index (χ3n) is 5.82. The van der Waals surface area contributed by atoms with Crippen LogP contribution in [-0.2, 0) is 4.79 Å². The van der Waals surface area contributed by atoms with Gasteiger partial charge in [-0.1, -0.05) is 6.07 Å². The van der Waals surface area contributed by atoms with Crippen LogP contribution in [0, 0.1) is 0 Å². The van der Waals surface area contributed by atoms with Gasteiger partial charge in [0.15, 0.2) is 0 Å². The van der Waals surface area contributed by atoms with Crippen LogP contribution in [0.25, 0.3) is 0 Å². The number of amides is 3. The fourth-order valence-corrected chi connectivity index (χ4v) is 4.06. The highest BCUT2D eigenvalue weighted by atomic mass is 16.5. The molecular formula is C23H28N4O4. The van der Waals surface area contributed by atoms with E-state index < -0.39 is 0 Å². The van der Waals surface area contributed by atoms with Gasteiger partial charge in [0.1, 0.15) is 11.5 Å². The molecule has 0 aromatic heterocycles. The Labute approximate surface area is 182 Å². The van der Waals surface area contributed by atoms with Crippen molar-refractivity contribution in [2.75, 3.05) is 56.7 Å². The smallest absolute Gasteiger partial charge is 0.317 e. The Morgan fingerprint density at radius 3 is 2.32 bits per heavy atom. The van der Waals surface area contributed by atoms with Crippen LogP contribution in [0.2, 0.25) is 0 Å². The molecule has 2 aromatic carbocycles. The van der Waals surface area contributed by atoms with Crippen molar-refractivity contribution in [3.05, 3.63) is 48.5 Å². The summed E-state index contributed by atoms with van der Waals surface area (Å²) < 4.78 is 10.5. The standard InChI is InChI=1S/C23H28N4O4/c1-30-20-8-6-18(7-9-20)25-10-12-26(13-11-25)23(29)24-17-14-22(28)27(16-17)19-4-3-5-21(15-19)31-2/h3-9,15,17H,10-14,16H2,1-2H3,(H,24,29). The van der Waals surface area contributed by atoms with Gasteiger partial charge in [0.2, 0.25) is 5.91 Å². The predicted octanol–water partition coefficient (Wildman–Crippen LogP) is 2.34. The molecular weight excluding hydrogens is 396 g/mol. The summed E-state index contributed by atoms with van der Waals surface area (Å²) in [6.45, 7) is 3.26. The third kappa shape index (κ3) is 4.68. The molecule has 1 unspecified atom stereocenters. The molecule has 0 bridgehead atoms. The first-order chi connectivity index (χ1) is 15.1. The molecule has 2 fully saturated rings. The molecule has 31 heavy (non-hydrogen) atoms. The molecule has 1 atom stereocenters. The quantitative estimate of drug-likeness (QED) is 0.798. The zero-order valence-electron chi connectivity index (χ0n) is 17.9. The topological polar surface area (TPSA) is 74.4 Å². The number of rotatable bonds is 5. The van der Waals surface area contributed by atoms with Crippen molar-refractivity contribution in [3.8, 4) is 11.5 Å². The summed E-state index contributed by atoms with van der Waals surface area (Å²) in [4.78, 5) is 31.0. The van der Waals surface area contributed by atoms with Crippen molar-refractivity contribution in [1.82, 2.24) is 10.2 Å². The van der Waals surface area contributed by atoms with E-state index in [-0.39, 0.29) is 18.0 Å². The minimum absolute atomic E-state index is 0.00266. The van der Waals surface area contributed by atoms with Gasteiger partial charge in [-0.15, -0.1) is 0 Å². The van der Waals surface area contributed by atoms with Gasteiger partial charge < -0.3 is 29.5 Å². The average Bonchev–Trinajstić information content (AvgIpc) is 3.19. The molecule has 4 rings (SSSR count). The van der Waals surface area contributed by atoms with Crippen LogP contribution in [0.5, 0.6) is 11.5 Å². The lowest BCUT2D eigenvalue weighted by molar-refractivity contribution is -0.117. The minimum Gasteiger partial charge on any atom is -0.497 e. The number of ether oxygens (including phenoxy) is 2. The van der Waals surface area contributed by atoms with E-state index in [9.17, 15) is 9.59 Å². The van der Waals surface area contributed by atoms with Crippen molar-refractivity contribution in [2.24, 2.45) is 0 Å². The summed E-state index contributed by atoms with van der Waals surface area (Å²) in [6.07, 6.45) is 0.300. The van der Waals surface area contributed by atoms with Gasteiger partial charge in [-0.05, 0) is 36.4 Å². The number of hydrogen-bond donors (Lipinski definition) is 1. The number of nitrogens with zero attached hydrogens (tertiary/aromatic N) is 3. The molecule has 2 aromatic rings. The number of hydrogen-bond acceptors (Lipinski definition) is 5. The van der Waals surface area contributed by atoms with Crippen LogP contribution in [0.15, 0.2) is 48.5 Å². The molecule has 0 aliphatic carbocycles. The molecule has 2 aliphatic rings. The van der Waals surface area contributed by atoms with E-state index in [2.05, 4.69) is 10.2 Å². The van der Waals surface area contributed by atoms with E-state index in [1.165, 1.54) is 0 Å². The molecule has 2 heterocycles. The summed E-state index contributed by atoms with van der Waals surface area (Å²) in [7, 11) is 3.25. The Morgan fingerprint density at radius 2 is 1.65 bits per heavy atom. The largest absolute Gasteiger partial charge is 0.497 e. The molecule has 0 spiro atoms. The van der Waals surface area contributed by atoms with E-state index in [0.717, 1.165) is 30.2 Å². The lowest BCUT2D eigenvalue weighted by atomic mass is 10.2. The molecule has 0 radical (unpaired) electrons. The maximum atomic E-state index is 12.8. The molecule has 1 N–H and O–H groups in total. The first kappa shape index (κ1) is 20.8. The number of carbonyl (C=O) groups excluding carboxylic acids is 2. The monoisotopic (exact) mass is 424 g/mol. The van der Waals surface area contributed by atoms with Gasteiger partial charge in [0.25, 0.3) is 0 Å². The normalized spacial score (nSPS) is 18.8. The molecule has 164 valence electrons. The van der Waals surface area contributed by atoms with E-state index in [4.69, 9.17) is 9.47 Å². The Balaban J connectivity index is 1.29. The number of piperazine rings is 1. The fourth-order valence-electron chi connectivity index (χ4n) is 4.06. The molecule has 2 saturated heterocycles. The fraction of sp³-hybridized carbons (Fsp3) is 0.391. The number of anilines is 2. The molecule has 3 amide bonds. The van der Waals surface area contributed by atoms with E-state index in [0.29, 0.717) is 31.8 Å². The number of urea groups is 1. The second-order valence-electron chi connectivity index (χ2n) is 7.73. The summed E-state index contributed by atoms with van der Waals surface area (Å²) in [5.74, 6) is 1.53. The number of carbonyl (C=O) groups is 2. The maximum Gasteiger partial charge on any atom is 0.317 e. The van der Waals surface area contributed by atoms with Gasteiger partial charge >= 0.3 is 6.03 Å². The Bertz CT molecular complexity index is 925. The Morgan fingerprint density at radius 1 is 0.935 bits per heavy atom. The lowest BCUT2D eigenvalue weighted by Crippen LogP contribution is -2.53. The van der Waals surface area contributed by atoms with Crippen LogP contribution in [0.3, 0.4) is 0 Å². The molecule has 2 aliphatic heterocycles. The summed E-state index contributed by atoms with van der Waals surface area (Å²) in [5.41, 5.74) is 1.91. The SMILES string of the molecule is COc1ccc(N2CCN(C(=O)NC3CC(=O)N(c4cccc(OC)c4)C3)CC2)cc1. The number of methoxy groups -OCH3 is 2. The van der Waals surface area contributed by atoms with E-state index >= 15 is 0 Å². The molecule has 0 saturated carbocycles. The maximum absolute atomic E-state index is 12.8. The van der Waals surface area contributed by atoms with E-state index in [1.54, 1.807) is 19.1 Å². The number of benzene rings is 2. The first-order valence-corrected chi connectivity index (χ1v) is 10.5. The minimum atomic E-state index is -0.203. The zero-order valence-corrected chi connectivity index (χ0v) is 17.9. The number of nitrogens with one attached hydrogen (secondary N) is 1. The van der Waals surface area contributed by atoms with E-state index in [1.807, 2.05) is 53.4 Å². The summed E-state index contributed by atoms with van der Waals surface area (Å²) >= 11 is 0. The second-order valence-corrected chi connectivity index (χ2v) is 7.73. The van der Waals surface area contributed by atoms with Crippen LogP contribution in [0.4, 0.5) is 16.2 Å². The van der Waals surface area contributed by atoms with Crippen LogP contribution in [-0.4, -0.2) is 69.8 Å². The van der Waals surface area contributed by atoms with Gasteiger partial charge in [-0.25, -0.2) is 4.79 Å². The Kier molecular flexibility index (Phi) is 6.16. The Hall–Kier alpha value is -3.42. The van der Waals surface area contributed by atoms with Crippen molar-refractivity contribution >= 4 is 23.3 Å². The van der Waals surface area contributed by atoms with Crippen molar-refractivity contribution in [2.45, 2.75) is 12.5 Å². The first-order valence-electron chi connectivity index (χ1n) is 10.5. The summed E-state index contributed by atoms with van der Waals surface area (Å²) in [5, 5.41) is 3.04. The van der Waals surface area contributed by atoms with Crippen LogP contribution >= 0.6 is 0 Å². The van der Waals surface area contributed by atoms with Gasteiger partial charge in [-0.3, -0.25) is 4.79 Å². The van der Waals surface area contributed by atoms with Gasteiger partial charge in [0, 0.05) is 56.6 Å². The molecule has 8 heteroatoms. The highest BCUT2D eigenvalue weighted by molar-refractivity contribution is 5.97. The van der Waals surface area contributed by atoms with Gasteiger partial charge in [-0.2, -0.15) is 0 Å². The highest BCUT2D eigenvalue weighted by Crippen LogP contribution is 2.26. The van der Waals surface area contributed by atoms with Crippen LogP contribution < -0.4 is 24.6 Å².